The lowest BCUT2D eigenvalue weighted by Gasteiger charge is -2.23. The molecule has 1 atom stereocenters. The molecule has 0 radical (unpaired) electrons. The van der Waals surface area contributed by atoms with Crippen LogP contribution in [0.4, 0.5) is 0 Å². The molecule has 1 unspecified atom stereocenters. The minimum atomic E-state index is -0.877. The molecular formula is C17H20O2. The SMILES string of the molecule is CC(O)(CCCO)c1ccc(-c2ccccc2)cc1. The van der Waals surface area contributed by atoms with E-state index in [-0.39, 0.29) is 6.61 Å². The van der Waals surface area contributed by atoms with Crippen LogP contribution in [0.15, 0.2) is 54.6 Å². The van der Waals surface area contributed by atoms with Crippen LogP contribution in [0.3, 0.4) is 0 Å². The van der Waals surface area contributed by atoms with Crippen LogP contribution in [0, 0.1) is 0 Å². The topological polar surface area (TPSA) is 40.5 Å². The number of hydrogen-bond donors (Lipinski definition) is 2. The molecule has 0 fully saturated rings. The van der Waals surface area contributed by atoms with Crippen LogP contribution in [0.2, 0.25) is 0 Å². The van der Waals surface area contributed by atoms with E-state index in [1.165, 1.54) is 5.56 Å². The molecule has 0 aliphatic rings. The summed E-state index contributed by atoms with van der Waals surface area (Å²) in [5.41, 5.74) is 2.32. The molecule has 2 aromatic carbocycles. The second kappa shape index (κ2) is 6.00. The average molecular weight is 256 g/mol. The first-order chi connectivity index (χ1) is 9.13. The number of aliphatic hydroxyl groups is 2. The van der Waals surface area contributed by atoms with E-state index >= 15 is 0 Å². The van der Waals surface area contributed by atoms with E-state index in [0.29, 0.717) is 12.8 Å². The second-order valence-corrected chi connectivity index (χ2v) is 5.04. The maximum atomic E-state index is 10.4. The molecule has 0 saturated heterocycles. The van der Waals surface area contributed by atoms with Gasteiger partial charge in [-0.1, -0.05) is 54.6 Å². The third-order valence-corrected chi connectivity index (χ3v) is 3.44. The van der Waals surface area contributed by atoms with Gasteiger partial charge < -0.3 is 10.2 Å². The fraction of sp³-hybridized carbons (Fsp3) is 0.294. The van der Waals surface area contributed by atoms with E-state index in [0.717, 1.165) is 11.1 Å². The van der Waals surface area contributed by atoms with Crippen molar-refractivity contribution in [3.63, 3.8) is 0 Å². The molecule has 19 heavy (non-hydrogen) atoms. The summed E-state index contributed by atoms with van der Waals surface area (Å²) in [7, 11) is 0. The van der Waals surface area contributed by atoms with Gasteiger partial charge in [0.1, 0.15) is 0 Å². The van der Waals surface area contributed by atoms with Gasteiger partial charge in [0, 0.05) is 6.61 Å². The average Bonchev–Trinajstić information content (AvgIpc) is 2.46. The minimum Gasteiger partial charge on any atom is -0.396 e. The summed E-state index contributed by atoms with van der Waals surface area (Å²) in [6.45, 7) is 1.90. The number of hydrogen-bond acceptors (Lipinski definition) is 2. The Morgan fingerprint density at radius 2 is 1.47 bits per heavy atom. The Balaban J connectivity index is 2.19. The lowest BCUT2D eigenvalue weighted by molar-refractivity contribution is 0.0403. The summed E-state index contributed by atoms with van der Waals surface area (Å²) in [5, 5.41) is 19.2. The van der Waals surface area contributed by atoms with Gasteiger partial charge in [-0.25, -0.2) is 0 Å². The standard InChI is InChI=1S/C17H20O2/c1-17(19,12-5-13-18)16-10-8-15(9-11-16)14-6-3-2-4-7-14/h2-4,6-11,18-19H,5,12-13H2,1H3. The molecule has 0 spiro atoms. The van der Waals surface area contributed by atoms with E-state index in [2.05, 4.69) is 12.1 Å². The van der Waals surface area contributed by atoms with Gasteiger partial charge in [0.25, 0.3) is 0 Å². The Morgan fingerprint density at radius 3 is 2.05 bits per heavy atom. The second-order valence-electron chi connectivity index (χ2n) is 5.04. The summed E-state index contributed by atoms with van der Waals surface area (Å²) in [5.74, 6) is 0. The molecule has 2 aromatic rings. The van der Waals surface area contributed by atoms with Crippen molar-refractivity contribution in [3.05, 3.63) is 60.2 Å². The zero-order valence-corrected chi connectivity index (χ0v) is 11.2. The third kappa shape index (κ3) is 3.43. The highest BCUT2D eigenvalue weighted by Gasteiger charge is 2.22. The first kappa shape index (κ1) is 13.8. The summed E-state index contributed by atoms with van der Waals surface area (Å²) < 4.78 is 0. The zero-order chi connectivity index (χ0) is 13.7. The van der Waals surface area contributed by atoms with Crippen molar-refractivity contribution >= 4 is 0 Å². The molecule has 2 heteroatoms. The van der Waals surface area contributed by atoms with Gasteiger partial charge in [-0.2, -0.15) is 0 Å². The van der Waals surface area contributed by atoms with E-state index in [1.807, 2.05) is 42.5 Å². The molecule has 0 bridgehead atoms. The maximum Gasteiger partial charge on any atom is 0.0869 e. The highest BCUT2D eigenvalue weighted by molar-refractivity contribution is 5.63. The molecular weight excluding hydrogens is 236 g/mol. The predicted molar refractivity (Wildman–Crippen MR) is 77.8 cm³/mol. The predicted octanol–water partition coefficient (Wildman–Crippen LogP) is 3.33. The van der Waals surface area contributed by atoms with Crippen molar-refractivity contribution in [1.29, 1.82) is 0 Å². The Morgan fingerprint density at radius 1 is 0.895 bits per heavy atom. The minimum absolute atomic E-state index is 0.109. The Bertz CT molecular complexity index is 501. The first-order valence-electron chi connectivity index (χ1n) is 6.63. The van der Waals surface area contributed by atoms with Crippen LogP contribution >= 0.6 is 0 Å². The van der Waals surface area contributed by atoms with Gasteiger partial charge in [0.2, 0.25) is 0 Å². The van der Waals surface area contributed by atoms with Crippen LogP contribution in [0.25, 0.3) is 11.1 Å². The Hall–Kier alpha value is -1.64. The van der Waals surface area contributed by atoms with E-state index < -0.39 is 5.60 Å². The van der Waals surface area contributed by atoms with Gasteiger partial charge in [-0.15, -0.1) is 0 Å². The fourth-order valence-electron chi connectivity index (χ4n) is 2.22. The Kier molecular flexibility index (Phi) is 4.35. The summed E-state index contributed by atoms with van der Waals surface area (Å²) in [4.78, 5) is 0. The first-order valence-corrected chi connectivity index (χ1v) is 6.63. The normalized spacial score (nSPS) is 14.1. The lowest BCUT2D eigenvalue weighted by atomic mass is 9.90. The highest BCUT2D eigenvalue weighted by atomic mass is 16.3. The van der Waals surface area contributed by atoms with Crippen molar-refractivity contribution in [2.24, 2.45) is 0 Å². The van der Waals surface area contributed by atoms with Crippen LogP contribution in [-0.2, 0) is 5.60 Å². The van der Waals surface area contributed by atoms with Crippen molar-refractivity contribution in [3.8, 4) is 11.1 Å². The Labute approximate surface area is 114 Å². The maximum absolute atomic E-state index is 10.4. The van der Waals surface area contributed by atoms with Crippen LogP contribution < -0.4 is 0 Å². The van der Waals surface area contributed by atoms with Gasteiger partial charge in [0.15, 0.2) is 0 Å². The monoisotopic (exact) mass is 256 g/mol. The van der Waals surface area contributed by atoms with E-state index in [9.17, 15) is 5.11 Å². The summed E-state index contributed by atoms with van der Waals surface area (Å²) >= 11 is 0. The van der Waals surface area contributed by atoms with Gasteiger partial charge in [-0.05, 0) is 36.5 Å². The third-order valence-electron chi connectivity index (χ3n) is 3.44. The van der Waals surface area contributed by atoms with Gasteiger partial charge >= 0.3 is 0 Å². The molecule has 0 heterocycles. The van der Waals surface area contributed by atoms with Crippen LogP contribution in [0.5, 0.6) is 0 Å². The van der Waals surface area contributed by atoms with Gasteiger partial charge in [0.05, 0.1) is 5.60 Å². The number of benzene rings is 2. The molecule has 0 aliphatic heterocycles. The van der Waals surface area contributed by atoms with Crippen molar-refractivity contribution in [2.75, 3.05) is 6.61 Å². The molecule has 0 saturated carbocycles. The van der Waals surface area contributed by atoms with E-state index in [4.69, 9.17) is 5.11 Å². The quantitative estimate of drug-likeness (QED) is 0.861. The van der Waals surface area contributed by atoms with E-state index in [1.54, 1.807) is 6.92 Å². The van der Waals surface area contributed by atoms with Crippen molar-refractivity contribution in [2.45, 2.75) is 25.4 Å². The molecule has 100 valence electrons. The van der Waals surface area contributed by atoms with Crippen molar-refractivity contribution < 1.29 is 10.2 Å². The molecule has 0 aliphatic carbocycles. The number of aliphatic hydroxyl groups excluding tert-OH is 1. The summed E-state index contributed by atoms with van der Waals surface area (Å²) in [6.07, 6.45) is 1.17. The lowest BCUT2D eigenvalue weighted by Crippen LogP contribution is -2.21. The van der Waals surface area contributed by atoms with Crippen molar-refractivity contribution in [1.82, 2.24) is 0 Å². The zero-order valence-electron chi connectivity index (χ0n) is 11.2. The molecule has 2 rings (SSSR count). The fourth-order valence-corrected chi connectivity index (χ4v) is 2.22. The largest absolute Gasteiger partial charge is 0.396 e. The molecule has 2 N–H and O–H groups in total. The summed E-state index contributed by atoms with van der Waals surface area (Å²) in [6, 6.07) is 18.1. The van der Waals surface area contributed by atoms with Gasteiger partial charge in [-0.3, -0.25) is 0 Å². The number of rotatable bonds is 5. The van der Waals surface area contributed by atoms with Crippen LogP contribution in [0.1, 0.15) is 25.3 Å². The highest BCUT2D eigenvalue weighted by Crippen LogP contribution is 2.28. The molecule has 0 aromatic heterocycles. The van der Waals surface area contributed by atoms with Crippen LogP contribution in [-0.4, -0.2) is 16.8 Å². The molecule has 0 amide bonds. The molecule has 2 nitrogen and oxygen atoms in total. The smallest absolute Gasteiger partial charge is 0.0869 e.